The fourth-order valence-electron chi connectivity index (χ4n) is 4.48. The Bertz CT molecular complexity index is 1310. The summed E-state index contributed by atoms with van der Waals surface area (Å²) in [5, 5.41) is 4.17. The number of ether oxygens (including phenoxy) is 2. The van der Waals surface area contributed by atoms with E-state index in [1.165, 1.54) is 0 Å². The number of nitrogens with one attached hydrogen (secondary N) is 2. The lowest BCUT2D eigenvalue weighted by Gasteiger charge is -2.32. The Balaban J connectivity index is 1.37. The van der Waals surface area contributed by atoms with E-state index in [1.54, 1.807) is 19.2 Å². The second kappa shape index (κ2) is 8.82. The van der Waals surface area contributed by atoms with E-state index in [9.17, 15) is 9.59 Å². The van der Waals surface area contributed by atoms with Crippen LogP contribution in [0.1, 0.15) is 39.1 Å². The number of rotatable bonds is 6. The molecule has 33 heavy (non-hydrogen) atoms. The summed E-state index contributed by atoms with van der Waals surface area (Å²) in [7, 11) is 1.64. The summed E-state index contributed by atoms with van der Waals surface area (Å²) >= 11 is 0. The van der Waals surface area contributed by atoms with Gasteiger partial charge in [-0.2, -0.15) is 0 Å². The molecule has 1 aliphatic heterocycles. The van der Waals surface area contributed by atoms with Gasteiger partial charge in [0.1, 0.15) is 17.8 Å². The summed E-state index contributed by atoms with van der Waals surface area (Å²) in [6.45, 7) is 0.464. The van der Waals surface area contributed by atoms with E-state index in [0.717, 1.165) is 27.8 Å². The molecule has 6 nitrogen and oxygen atoms in total. The van der Waals surface area contributed by atoms with E-state index in [4.69, 9.17) is 9.47 Å². The summed E-state index contributed by atoms with van der Waals surface area (Å²) in [6, 6.07) is 22.5. The van der Waals surface area contributed by atoms with Crippen molar-refractivity contribution in [2.75, 3.05) is 13.7 Å². The molecule has 4 aromatic rings. The predicted molar refractivity (Wildman–Crippen MR) is 125 cm³/mol. The van der Waals surface area contributed by atoms with Gasteiger partial charge in [0, 0.05) is 29.7 Å². The molecule has 5 rings (SSSR count). The van der Waals surface area contributed by atoms with Crippen molar-refractivity contribution in [3.8, 4) is 5.75 Å². The van der Waals surface area contributed by atoms with Crippen molar-refractivity contribution >= 4 is 22.8 Å². The Morgan fingerprint density at radius 3 is 2.67 bits per heavy atom. The first kappa shape index (κ1) is 20.8. The first-order valence-electron chi connectivity index (χ1n) is 10.9. The van der Waals surface area contributed by atoms with Crippen LogP contribution in [-0.4, -0.2) is 30.5 Å². The van der Waals surface area contributed by atoms with Crippen molar-refractivity contribution in [1.82, 2.24) is 10.3 Å². The quantitative estimate of drug-likeness (QED) is 0.432. The van der Waals surface area contributed by atoms with E-state index < -0.39 is 18.0 Å². The van der Waals surface area contributed by atoms with Crippen molar-refractivity contribution in [2.24, 2.45) is 0 Å². The van der Waals surface area contributed by atoms with Crippen LogP contribution in [0.15, 0.2) is 79.0 Å². The number of carbonyl (C=O) groups excluding carboxylic acids is 2. The highest BCUT2D eigenvalue weighted by Gasteiger charge is 2.40. The standard InChI is InChI=1S/C27H24N2O4/c1-32-19-11-12-20-18(16-29-23(20)15-19)13-14-28-26(30)24-21-9-5-6-10-22(21)27(31)33-25(24)17-7-3-2-4-8-17/h2-12,15-16,24-25,29H,13-14H2,1H3,(H,28,30). The van der Waals surface area contributed by atoms with Crippen LogP contribution in [0.5, 0.6) is 5.75 Å². The van der Waals surface area contributed by atoms with Gasteiger partial charge < -0.3 is 19.8 Å². The highest BCUT2D eigenvalue weighted by atomic mass is 16.5. The average molecular weight is 440 g/mol. The Kier molecular flexibility index (Phi) is 5.57. The molecule has 0 aliphatic carbocycles. The number of hydrogen-bond acceptors (Lipinski definition) is 4. The lowest BCUT2D eigenvalue weighted by atomic mass is 9.83. The van der Waals surface area contributed by atoms with E-state index in [2.05, 4.69) is 10.3 Å². The van der Waals surface area contributed by atoms with E-state index in [1.807, 2.05) is 66.9 Å². The topological polar surface area (TPSA) is 80.4 Å². The third kappa shape index (κ3) is 3.96. The van der Waals surface area contributed by atoms with Crippen LogP contribution in [-0.2, 0) is 16.0 Å². The van der Waals surface area contributed by atoms with Gasteiger partial charge in [-0.15, -0.1) is 0 Å². The number of H-pyrrole nitrogens is 1. The number of aromatic amines is 1. The number of hydrogen-bond donors (Lipinski definition) is 2. The summed E-state index contributed by atoms with van der Waals surface area (Å²) < 4.78 is 11.0. The molecule has 2 atom stereocenters. The first-order chi connectivity index (χ1) is 16.2. The Hall–Kier alpha value is -4.06. The number of cyclic esters (lactones) is 1. The van der Waals surface area contributed by atoms with Gasteiger partial charge in [-0.3, -0.25) is 4.79 Å². The molecule has 2 heterocycles. The molecule has 0 spiro atoms. The van der Waals surface area contributed by atoms with Gasteiger partial charge in [0.25, 0.3) is 0 Å². The van der Waals surface area contributed by atoms with Crippen molar-refractivity contribution in [3.05, 3.63) is 101 Å². The van der Waals surface area contributed by atoms with Crippen molar-refractivity contribution < 1.29 is 19.1 Å². The lowest BCUT2D eigenvalue weighted by molar-refractivity contribution is -0.125. The molecule has 1 aromatic heterocycles. The van der Waals surface area contributed by atoms with E-state index >= 15 is 0 Å². The Morgan fingerprint density at radius 2 is 1.85 bits per heavy atom. The first-order valence-corrected chi connectivity index (χ1v) is 10.9. The van der Waals surface area contributed by atoms with Crippen LogP contribution in [0.4, 0.5) is 0 Å². The minimum Gasteiger partial charge on any atom is -0.497 e. The molecule has 0 saturated carbocycles. The number of fused-ring (bicyclic) bond motifs is 2. The zero-order valence-corrected chi connectivity index (χ0v) is 18.2. The van der Waals surface area contributed by atoms with Crippen LogP contribution in [0.25, 0.3) is 10.9 Å². The van der Waals surface area contributed by atoms with Crippen LogP contribution >= 0.6 is 0 Å². The maximum atomic E-state index is 13.4. The molecule has 1 aliphatic rings. The maximum absolute atomic E-state index is 13.4. The van der Waals surface area contributed by atoms with E-state index in [0.29, 0.717) is 24.1 Å². The zero-order chi connectivity index (χ0) is 22.8. The molecule has 0 bridgehead atoms. The van der Waals surface area contributed by atoms with Gasteiger partial charge in [-0.1, -0.05) is 48.5 Å². The average Bonchev–Trinajstić information content (AvgIpc) is 3.26. The fourth-order valence-corrected chi connectivity index (χ4v) is 4.48. The molecule has 0 saturated heterocycles. The molecule has 3 aromatic carbocycles. The molecular formula is C27H24N2O4. The lowest BCUT2D eigenvalue weighted by Crippen LogP contribution is -2.38. The summed E-state index contributed by atoms with van der Waals surface area (Å²) in [4.78, 5) is 29.3. The highest BCUT2D eigenvalue weighted by Crippen LogP contribution is 2.40. The van der Waals surface area contributed by atoms with Gasteiger partial charge in [-0.25, -0.2) is 4.79 Å². The van der Waals surface area contributed by atoms with Crippen LogP contribution in [0.3, 0.4) is 0 Å². The molecule has 166 valence electrons. The minimum absolute atomic E-state index is 0.162. The van der Waals surface area contributed by atoms with Gasteiger partial charge in [0.2, 0.25) is 5.91 Å². The van der Waals surface area contributed by atoms with Crippen molar-refractivity contribution in [1.29, 1.82) is 0 Å². The van der Waals surface area contributed by atoms with Crippen molar-refractivity contribution in [2.45, 2.75) is 18.4 Å². The number of carbonyl (C=O) groups is 2. The summed E-state index contributed by atoms with van der Waals surface area (Å²) in [5.74, 6) is -0.391. The Labute approximate surface area is 191 Å². The molecular weight excluding hydrogens is 416 g/mol. The van der Waals surface area contributed by atoms with Crippen LogP contribution in [0, 0.1) is 0 Å². The molecule has 2 unspecified atom stereocenters. The Morgan fingerprint density at radius 1 is 1.06 bits per heavy atom. The fraction of sp³-hybridized carbons (Fsp3) is 0.185. The molecule has 0 radical (unpaired) electrons. The molecule has 0 fully saturated rings. The second-order valence-electron chi connectivity index (χ2n) is 8.07. The number of aromatic nitrogens is 1. The normalized spacial score (nSPS) is 17.3. The number of amides is 1. The summed E-state index contributed by atoms with van der Waals surface area (Å²) in [5.41, 5.74) is 4.04. The van der Waals surface area contributed by atoms with Crippen molar-refractivity contribution in [3.63, 3.8) is 0 Å². The van der Waals surface area contributed by atoms with Gasteiger partial charge in [0.05, 0.1) is 12.7 Å². The van der Waals surface area contributed by atoms with Crippen LogP contribution < -0.4 is 10.1 Å². The minimum atomic E-state index is -0.672. The largest absolute Gasteiger partial charge is 0.497 e. The SMILES string of the molecule is COc1ccc2c(CCNC(=O)C3c4ccccc4C(=O)OC3c3ccccc3)c[nH]c2c1. The molecule has 6 heteroatoms. The highest BCUT2D eigenvalue weighted by molar-refractivity contribution is 5.97. The second-order valence-corrected chi connectivity index (χ2v) is 8.07. The van der Waals surface area contributed by atoms with Gasteiger partial charge in [0.15, 0.2) is 0 Å². The monoisotopic (exact) mass is 440 g/mol. The molecule has 2 N–H and O–H groups in total. The number of benzene rings is 3. The third-order valence-corrected chi connectivity index (χ3v) is 6.13. The van der Waals surface area contributed by atoms with Gasteiger partial charge >= 0.3 is 5.97 Å². The smallest absolute Gasteiger partial charge is 0.339 e. The number of esters is 1. The van der Waals surface area contributed by atoms with E-state index in [-0.39, 0.29) is 5.91 Å². The predicted octanol–water partition coefficient (Wildman–Crippen LogP) is 4.53. The third-order valence-electron chi connectivity index (χ3n) is 6.13. The van der Waals surface area contributed by atoms with Gasteiger partial charge in [-0.05, 0) is 41.3 Å². The number of methoxy groups -OCH3 is 1. The zero-order valence-electron chi connectivity index (χ0n) is 18.2. The summed E-state index contributed by atoms with van der Waals surface area (Å²) in [6.07, 6.45) is 1.96. The maximum Gasteiger partial charge on any atom is 0.339 e. The van der Waals surface area contributed by atoms with Crippen LogP contribution in [0.2, 0.25) is 0 Å². The molecule has 1 amide bonds.